The number of nitrogens with two attached hydrogens (primary N) is 1. The summed E-state index contributed by atoms with van der Waals surface area (Å²) in [6, 6.07) is 8.79. The van der Waals surface area contributed by atoms with E-state index in [0.717, 1.165) is 0 Å². The van der Waals surface area contributed by atoms with Gasteiger partial charge in [-0.25, -0.2) is 0 Å². The lowest BCUT2D eigenvalue weighted by atomic mass is 10.3. The van der Waals surface area contributed by atoms with Crippen LogP contribution in [0.25, 0.3) is 0 Å². The Hall–Kier alpha value is -2.38. The maximum absolute atomic E-state index is 11.8. The first-order chi connectivity index (χ1) is 11.2. The Morgan fingerprint density at radius 2 is 1.96 bits per heavy atom. The van der Waals surface area contributed by atoms with Gasteiger partial charge in [0, 0.05) is 36.1 Å². The quantitative estimate of drug-likeness (QED) is 0.687. The molecule has 1 aromatic heterocycles. The number of carbonyl (C=O) groups excluding carboxylic acids is 2. The van der Waals surface area contributed by atoms with Gasteiger partial charge in [-0.3, -0.25) is 9.59 Å². The van der Waals surface area contributed by atoms with Crippen LogP contribution in [0.2, 0.25) is 0 Å². The Balaban J connectivity index is 1.71. The summed E-state index contributed by atoms with van der Waals surface area (Å²) < 4.78 is 5.36. The molecule has 7 heteroatoms. The fourth-order valence-electron chi connectivity index (χ4n) is 1.82. The zero-order chi connectivity index (χ0) is 16.5. The molecule has 0 saturated carbocycles. The summed E-state index contributed by atoms with van der Waals surface area (Å²) in [7, 11) is 0. The van der Waals surface area contributed by atoms with Crippen LogP contribution in [-0.4, -0.2) is 31.5 Å². The summed E-state index contributed by atoms with van der Waals surface area (Å²) in [5.74, 6) is 0.378. The number of hydrogen-bond donors (Lipinski definition) is 3. The topological polar surface area (TPSA) is 93.4 Å². The number of carbonyl (C=O) groups is 2. The lowest BCUT2D eigenvalue weighted by Gasteiger charge is -2.08. The molecule has 2 rings (SSSR count). The second-order valence-electron chi connectivity index (χ2n) is 4.73. The molecule has 0 atom stereocenters. The molecule has 6 nitrogen and oxygen atoms in total. The van der Waals surface area contributed by atoms with Crippen molar-refractivity contribution in [3.8, 4) is 5.75 Å². The summed E-state index contributed by atoms with van der Waals surface area (Å²) in [4.78, 5) is 23.5. The Labute approximate surface area is 138 Å². The molecule has 4 N–H and O–H groups in total. The number of anilines is 1. The van der Waals surface area contributed by atoms with Crippen molar-refractivity contribution in [1.29, 1.82) is 0 Å². The van der Waals surface area contributed by atoms with E-state index >= 15 is 0 Å². The molecule has 0 aliphatic rings. The Morgan fingerprint density at radius 3 is 2.61 bits per heavy atom. The van der Waals surface area contributed by atoms with E-state index in [9.17, 15) is 9.59 Å². The van der Waals surface area contributed by atoms with Crippen molar-refractivity contribution >= 4 is 28.8 Å². The molecule has 0 aliphatic carbocycles. The van der Waals surface area contributed by atoms with Crippen molar-refractivity contribution in [2.75, 3.05) is 25.0 Å². The standard InChI is InChI=1S/C16H19N3O3S/c17-7-9-22-14-3-1-13(2-4-14)19-15(20)5-8-18-16(21)12-6-10-23-11-12/h1-4,6,10-11H,5,7-9,17H2,(H,18,21)(H,19,20). The first-order valence-electron chi connectivity index (χ1n) is 7.22. The summed E-state index contributed by atoms with van der Waals surface area (Å²) in [5.41, 5.74) is 6.65. The van der Waals surface area contributed by atoms with Gasteiger partial charge in [0.25, 0.3) is 5.91 Å². The monoisotopic (exact) mass is 333 g/mol. The predicted molar refractivity (Wildman–Crippen MR) is 90.9 cm³/mol. The van der Waals surface area contributed by atoms with E-state index in [1.54, 1.807) is 35.7 Å². The molecule has 0 fully saturated rings. The average molecular weight is 333 g/mol. The molecule has 1 aromatic carbocycles. The van der Waals surface area contributed by atoms with E-state index < -0.39 is 0 Å². The third-order valence-electron chi connectivity index (χ3n) is 2.95. The smallest absolute Gasteiger partial charge is 0.252 e. The number of nitrogens with one attached hydrogen (secondary N) is 2. The molecule has 122 valence electrons. The van der Waals surface area contributed by atoms with E-state index in [1.165, 1.54) is 11.3 Å². The van der Waals surface area contributed by atoms with Crippen molar-refractivity contribution in [3.05, 3.63) is 46.7 Å². The molecule has 0 saturated heterocycles. The van der Waals surface area contributed by atoms with Gasteiger partial charge < -0.3 is 21.1 Å². The van der Waals surface area contributed by atoms with Gasteiger partial charge in [0.15, 0.2) is 0 Å². The first-order valence-corrected chi connectivity index (χ1v) is 8.16. The molecular formula is C16H19N3O3S. The van der Waals surface area contributed by atoms with Crippen molar-refractivity contribution in [2.45, 2.75) is 6.42 Å². The number of benzene rings is 1. The highest BCUT2D eigenvalue weighted by atomic mass is 32.1. The van der Waals surface area contributed by atoms with E-state index in [4.69, 9.17) is 10.5 Å². The minimum atomic E-state index is -0.166. The Bertz CT molecular complexity index is 627. The second kappa shape index (κ2) is 8.92. The van der Waals surface area contributed by atoms with Gasteiger partial charge in [-0.1, -0.05) is 0 Å². The van der Waals surface area contributed by atoms with Crippen molar-refractivity contribution in [1.82, 2.24) is 5.32 Å². The van der Waals surface area contributed by atoms with E-state index in [2.05, 4.69) is 10.6 Å². The fraction of sp³-hybridized carbons (Fsp3) is 0.250. The van der Waals surface area contributed by atoms with Crippen molar-refractivity contribution in [3.63, 3.8) is 0 Å². The zero-order valence-electron chi connectivity index (χ0n) is 12.6. The van der Waals surface area contributed by atoms with Gasteiger partial charge >= 0.3 is 0 Å². The van der Waals surface area contributed by atoms with Crippen LogP contribution in [-0.2, 0) is 4.79 Å². The van der Waals surface area contributed by atoms with E-state index in [0.29, 0.717) is 30.2 Å². The second-order valence-corrected chi connectivity index (χ2v) is 5.51. The summed E-state index contributed by atoms with van der Waals surface area (Å²) in [6.07, 6.45) is 0.210. The van der Waals surface area contributed by atoms with E-state index in [1.807, 2.05) is 5.38 Å². The van der Waals surface area contributed by atoms with Gasteiger partial charge in [-0.05, 0) is 35.7 Å². The maximum Gasteiger partial charge on any atom is 0.252 e. The zero-order valence-corrected chi connectivity index (χ0v) is 13.4. The van der Waals surface area contributed by atoms with Crippen LogP contribution in [0.4, 0.5) is 5.69 Å². The SMILES string of the molecule is NCCOc1ccc(NC(=O)CCNC(=O)c2ccsc2)cc1. The molecule has 2 aromatic rings. The summed E-state index contributed by atoms with van der Waals surface area (Å²) >= 11 is 1.46. The third-order valence-corrected chi connectivity index (χ3v) is 3.63. The molecule has 0 spiro atoms. The highest BCUT2D eigenvalue weighted by Crippen LogP contribution is 2.15. The number of thiophene rings is 1. The van der Waals surface area contributed by atoms with Gasteiger partial charge in [0.2, 0.25) is 5.91 Å². The first kappa shape index (κ1) is 17.0. The van der Waals surface area contributed by atoms with Crippen molar-refractivity contribution in [2.24, 2.45) is 5.73 Å². The largest absolute Gasteiger partial charge is 0.492 e. The van der Waals surface area contributed by atoms with Gasteiger partial charge in [-0.15, -0.1) is 0 Å². The molecule has 0 radical (unpaired) electrons. The van der Waals surface area contributed by atoms with Crippen LogP contribution in [0.5, 0.6) is 5.75 Å². The fourth-order valence-corrected chi connectivity index (χ4v) is 2.46. The summed E-state index contributed by atoms with van der Waals surface area (Å²) in [6.45, 7) is 1.20. The van der Waals surface area contributed by atoms with Crippen LogP contribution < -0.4 is 21.1 Å². The molecule has 1 heterocycles. The molecule has 23 heavy (non-hydrogen) atoms. The number of amides is 2. The molecule has 2 amide bonds. The summed E-state index contributed by atoms with van der Waals surface area (Å²) in [5, 5.41) is 9.08. The highest BCUT2D eigenvalue weighted by Gasteiger charge is 2.07. The van der Waals surface area contributed by atoms with Crippen LogP contribution >= 0.6 is 11.3 Å². The lowest BCUT2D eigenvalue weighted by molar-refractivity contribution is -0.116. The minimum Gasteiger partial charge on any atom is -0.492 e. The highest BCUT2D eigenvalue weighted by molar-refractivity contribution is 7.08. The van der Waals surface area contributed by atoms with E-state index in [-0.39, 0.29) is 24.8 Å². The molecular weight excluding hydrogens is 314 g/mol. The van der Waals surface area contributed by atoms with Gasteiger partial charge in [-0.2, -0.15) is 11.3 Å². The number of ether oxygens (including phenoxy) is 1. The third kappa shape index (κ3) is 5.72. The Kier molecular flexibility index (Phi) is 6.58. The predicted octanol–water partition coefficient (Wildman–Crippen LogP) is 1.84. The van der Waals surface area contributed by atoms with Crippen molar-refractivity contribution < 1.29 is 14.3 Å². The molecule has 0 unspecified atom stereocenters. The number of rotatable bonds is 8. The molecule has 0 bridgehead atoms. The lowest BCUT2D eigenvalue weighted by Crippen LogP contribution is -2.27. The van der Waals surface area contributed by atoms with Crippen LogP contribution in [0, 0.1) is 0 Å². The molecule has 0 aliphatic heterocycles. The van der Waals surface area contributed by atoms with Crippen LogP contribution in [0.3, 0.4) is 0 Å². The van der Waals surface area contributed by atoms with Gasteiger partial charge in [0.05, 0.1) is 0 Å². The average Bonchev–Trinajstić information content (AvgIpc) is 3.08. The maximum atomic E-state index is 11.8. The van der Waals surface area contributed by atoms with Crippen LogP contribution in [0.1, 0.15) is 16.8 Å². The number of hydrogen-bond acceptors (Lipinski definition) is 5. The van der Waals surface area contributed by atoms with Gasteiger partial charge in [0.1, 0.15) is 12.4 Å². The van der Waals surface area contributed by atoms with Crippen LogP contribution in [0.15, 0.2) is 41.1 Å². The Morgan fingerprint density at radius 1 is 1.17 bits per heavy atom. The minimum absolute atomic E-state index is 0.161. The normalized spacial score (nSPS) is 10.1.